The molecule has 7 unspecified atom stereocenters. The molecule has 1 aliphatic heterocycles. The highest BCUT2D eigenvalue weighted by molar-refractivity contribution is 5.72. The Labute approximate surface area is 223 Å². The van der Waals surface area contributed by atoms with E-state index >= 15 is 0 Å². The van der Waals surface area contributed by atoms with Crippen molar-refractivity contribution in [2.24, 2.45) is 46.3 Å². The first-order valence-corrected chi connectivity index (χ1v) is 15.3. The van der Waals surface area contributed by atoms with E-state index in [-0.39, 0.29) is 53.4 Å². The molecule has 1 heterocycles. The summed E-state index contributed by atoms with van der Waals surface area (Å²) in [6.45, 7) is 8.90. The smallest absolute Gasteiger partial charge is 0.308 e. The van der Waals surface area contributed by atoms with E-state index in [9.17, 15) is 19.8 Å². The Bertz CT molecular complexity index is 859. The summed E-state index contributed by atoms with van der Waals surface area (Å²) < 4.78 is 12.1. The van der Waals surface area contributed by atoms with Crippen molar-refractivity contribution in [3.8, 4) is 0 Å². The lowest BCUT2D eigenvalue weighted by Crippen LogP contribution is -2.59. The quantitative estimate of drug-likeness (QED) is 0.456. The fraction of sp³-hybridized carbons (Fsp3) is 0.935. The Balaban J connectivity index is 1.39. The number of carbonyl (C=O) groups excluding carboxylic acids is 2. The Morgan fingerprint density at radius 1 is 1.03 bits per heavy atom. The minimum absolute atomic E-state index is 0.0579. The van der Waals surface area contributed by atoms with Crippen molar-refractivity contribution in [1.29, 1.82) is 0 Å². The molecule has 5 fully saturated rings. The summed E-state index contributed by atoms with van der Waals surface area (Å²) in [5.74, 6) is 2.28. The molecule has 2 N–H and O–H groups in total. The largest absolute Gasteiger partial charge is 0.462 e. The zero-order valence-electron chi connectivity index (χ0n) is 23.5. The molecule has 0 radical (unpaired) electrons. The molecule has 6 nitrogen and oxygen atoms in total. The van der Waals surface area contributed by atoms with Crippen LogP contribution in [0.4, 0.5) is 0 Å². The molecule has 0 bridgehead atoms. The number of aliphatic hydroxyl groups excluding tert-OH is 2. The van der Waals surface area contributed by atoms with Crippen LogP contribution in [0.1, 0.15) is 111 Å². The van der Waals surface area contributed by atoms with Crippen molar-refractivity contribution in [2.45, 2.75) is 136 Å². The number of ether oxygens (including phenoxy) is 2. The molecule has 5 aliphatic rings. The molecule has 0 amide bonds. The first-order chi connectivity index (χ1) is 17.6. The molecule has 4 aliphatic carbocycles. The maximum absolute atomic E-state index is 13.2. The minimum Gasteiger partial charge on any atom is -0.462 e. The summed E-state index contributed by atoms with van der Waals surface area (Å²) in [6.07, 6.45) is 10.7. The standard InChI is InChI=1S/C31H50O6/c1-5-18(2)29(35)37-27-17-26-24(10-7-20-14-21(32)12-13-30(20,26)3)25-11-8-19(31(25,27)4)6-9-23-15-22(33)16-28(34)36-23/h18-27,32-33H,5-17H2,1-4H3/t18?,19?,20?,21?,22?,23?,24-,25-,26+,27?,30-,31+/m0/s1. The van der Waals surface area contributed by atoms with Gasteiger partial charge in [0.25, 0.3) is 0 Å². The van der Waals surface area contributed by atoms with Crippen molar-refractivity contribution in [2.75, 3.05) is 0 Å². The van der Waals surface area contributed by atoms with Crippen molar-refractivity contribution >= 4 is 11.9 Å². The van der Waals surface area contributed by atoms with E-state index in [1.54, 1.807) is 0 Å². The van der Waals surface area contributed by atoms with Gasteiger partial charge in [0.1, 0.15) is 12.2 Å². The molecule has 0 spiro atoms. The fourth-order valence-corrected chi connectivity index (χ4v) is 9.79. The Hall–Kier alpha value is -1.14. The topological polar surface area (TPSA) is 93.1 Å². The Morgan fingerprint density at radius 3 is 2.54 bits per heavy atom. The lowest BCUT2D eigenvalue weighted by molar-refractivity contribution is -0.198. The van der Waals surface area contributed by atoms with Gasteiger partial charge in [-0.25, -0.2) is 0 Å². The van der Waals surface area contributed by atoms with Crippen molar-refractivity contribution in [3.05, 3.63) is 0 Å². The van der Waals surface area contributed by atoms with E-state index in [4.69, 9.17) is 9.47 Å². The lowest BCUT2D eigenvalue weighted by Gasteiger charge is -2.62. The highest BCUT2D eigenvalue weighted by Gasteiger charge is 2.64. The van der Waals surface area contributed by atoms with Crippen LogP contribution in [-0.4, -0.2) is 46.6 Å². The number of aliphatic hydroxyl groups is 2. The van der Waals surface area contributed by atoms with Crippen LogP contribution in [-0.2, 0) is 19.1 Å². The lowest BCUT2D eigenvalue weighted by atomic mass is 9.44. The number of hydrogen-bond acceptors (Lipinski definition) is 6. The summed E-state index contributed by atoms with van der Waals surface area (Å²) in [4.78, 5) is 25.1. The van der Waals surface area contributed by atoms with E-state index in [1.807, 2.05) is 13.8 Å². The van der Waals surface area contributed by atoms with E-state index in [0.717, 1.165) is 51.4 Å². The molecule has 5 rings (SSSR count). The van der Waals surface area contributed by atoms with E-state index in [0.29, 0.717) is 36.0 Å². The van der Waals surface area contributed by atoms with E-state index < -0.39 is 6.10 Å². The van der Waals surface area contributed by atoms with Gasteiger partial charge in [0.15, 0.2) is 0 Å². The van der Waals surface area contributed by atoms with Crippen molar-refractivity contribution in [3.63, 3.8) is 0 Å². The van der Waals surface area contributed by atoms with E-state index in [1.165, 1.54) is 19.3 Å². The molecular weight excluding hydrogens is 468 g/mol. The van der Waals surface area contributed by atoms with Gasteiger partial charge in [-0.15, -0.1) is 0 Å². The molecule has 37 heavy (non-hydrogen) atoms. The molecule has 6 heteroatoms. The maximum Gasteiger partial charge on any atom is 0.308 e. The molecule has 1 saturated heterocycles. The minimum atomic E-state index is -0.595. The molecule has 210 valence electrons. The molecule has 4 saturated carbocycles. The Kier molecular flexibility index (Phi) is 7.74. The van der Waals surface area contributed by atoms with Gasteiger partial charge >= 0.3 is 11.9 Å². The summed E-state index contributed by atoms with van der Waals surface area (Å²) in [6, 6.07) is 0. The van der Waals surface area contributed by atoms with Gasteiger partial charge in [0.2, 0.25) is 0 Å². The first-order valence-electron chi connectivity index (χ1n) is 15.3. The molecule has 12 atom stereocenters. The number of esters is 2. The van der Waals surface area contributed by atoms with Crippen LogP contribution in [0.5, 0.6) is 0 Å². The third-order valence-corrected chi connectivity index (χ3v) is 12.2. The Morgan fingerprint density at radius 2 is 1.81 bits per heavy atom. The second kappa shape index (κ2) is 10.4. The van der Waals surface area contributed by atoms with Crippen molar-refractivity contribution < 1.29 is 29.3 Å². The van der Waals surface area contributed by atoms with Crippen LogP contribution in [0, 0.1) is 46.3 Å². The van der Waals surface area contributed by atoms with Gasteiger partial charge in [0, 0.05) is 11.8 Å². The zero-order valence-corrected chi connectivity index (χ0v) is 23.5. The molecule has 0 aromatic rings. The van der Waals surface area contributed by atoms with Crippen LogP contribution >= 0.6 is 0 Å². The van der Waals surface area contributed by atoms with Gasteiger partial charge in [0.05, 0.1) is 24.5 Å². The summed E-state index contributed by atoms with van der Waals surface area (Å²) in [7, 11) is 0. The summed E-state index contributed by atoms with van der Waals surface area (Å²) >= 11 is 0. The van der Waals surface area contributed by atoms with Crippen LogP contribution in [0.25, 0.3) is 0 Å². The molecule has 0 aromatic heterocycles. The second-order valence-electron chi connectivity index (χ2n) is 14.0. The SMILES string of the molecule is CCC(C)C(=O)OC1C[C@@H]2[C@@H](CCC3CC(O)CC[C@@]32C)[C@@H]2CCC(CCC3CC(O)CC(=O)O3)[C@@]12C. The van der Waals surface area contributed by atoms with Crippen molar-refractivity contribution in [1.82, 2.24) is 0 Å². The van der Waals surface area contributed by atoms with Gasteiger partial charge in [-0.1, -0.05) is 27.7 Å². The average Bonchev–Trinajstić information content (AvgIpc) is 3.19. The molecule has 0 aromatic carbocycles. The predicted molar refractivity (Wildman–Crippen MR) is 140 cm³/mol. The third-order valence-electron chi connectivity index (χ3n) is 12.2. The van der Waals surface area contributed by atoms with Crippen LogP contribution in [0.2, 0.25) is 0 Å². The highest BCUT2D eigenvalue weighted by Crippen LogP contribution is 2.68. The van der Waals surface area contributed by atoms with Gasteiger partial charge < -0.3 is 19.7 Å². The average molecular weight is 519 g/mol. The molecular formula is C31H50O6. The van der Waals surface area contributed by atoms with Crippen LogP contribution < -0.4 is 0 Å². The van der Waals surface area contributed by atoms with Gasteiger partial charge in [-0.3, -0.25) is 9.59 Å². The van der Waals surface area contributed by atoms with Crippen LogP contribution in [0.3, 0.4) is 0 Å². The summed E-state index contributed by atoms with van der Waals surface area (Å²) in [5.41, 5.74) is 0.147. The summed E-state index contributed by atoms with van der Waals surface area (Å²) in [5, 5.41) is 20.5. The number of carbonyl (C=O) groups is 2. The second-order valence-corrected chi connectivity index (χ2v) is 14.0. The maximum atomic E-state index is 13.2. The monoisotopic (exact) mass is 518 g/mol. The fourth-order valence-electron chi connectivity index (χ4n) is 9.79. The first kappa shape index (κ1) is 27.4. The van der Waals surface area contributed by atoms with Gasteiger partial charge in [-0.05, 0) is 106 Å². The van der Waals surface area contributed by atoms with Gasteiger partial charge in [-0.2, -0.15) is 0 Å². The number of fused-ring (bicyclic) bond motifs is 5. The number of cyclic esters (lactones) is 1. The third kappa shape index (κ3) is 4.88. The van der Waals surface area contributed by atoms with E-state index in [2.05, 4.69) is 13.8 Å². The normalized spacial score (nSPS) is 48.3. The highest BCUT2D eigenvalue weighted by atomic mass is 16.6. The van der Waals surface area contributed by atoms with Crippen LogP contribution in [0.15, 0.2) is 0 Å². The zero-order chi connectivity index (χ0) is 26.5. The predicted octanol–water partition coefficient (Wildman–Crippen LogP) is 5.42. The number of hydrogen-bond donors (Lipinski definition) is 2. The number of rotatable bonds is 6.